The van der Waals surface area contributed by atoms with Crippen LogP contribution in [0.4, 0.5) is 11.5 Å². The maximum Gasteiger partial charge on any atom is 0.255 e. The fourth-order valence-electron chi connectivity index (χ4n) is 4.84. The van der Waals surface area contributed by atoms with Crippen molar-refractivity contribution in [1.29, 1.82) is 0 Å². The van der Waals surface area contributed by atoms with E-state index in [-0.39, 0.29) is 23.7 Å². The number of rotatable bonds is 7. The molecule has 1 aliphatic carbocycles. The van der Waals surface area contributed by atoms with Crippen LogP contribution in [0.5, 0.6) is 5.75 Å². The smallest absolute Gasteiger partial charge is 0.255 e. The number of hydrogen-bond acceptors (Lipinski definition) is 7. The molecular weight excluding hydrogens is 482 g/mol. The minimum Gasteiger partial charge on any atom is -0.496 e. The van der Waals surface area contributed by atoms with Crippen molar-refractivity contribution < 1.29 is 14.3 Å². The Labute approximate surface area is 219 Å². The fraction of sp³-hybridized carbons (Fsp3) is 0.250. The van der Waals surface area contributed by atoms with Crippen LogP contribution in [0, 0.1) is 0 Å². The number of nitrogens with two attached hydrogens (primary N) is 1. The van der Waals surface area contributed by atoms with Crippen molar-refractivity contribution in [1.82, 2.24) is 25.1 Å². The van der Waals surface area contributed by atoms with Crippen LogP contribution in [-0.2, 0) is 4.79 Å². The van der Waals surface area contributed by atoms with E-state index in [0.717, 1.165) is 36.8 Å². The third-order valence-electron chi connectivity index (χ3n) is 6.76. The average molecular weight is 512 g/mol. The summed E-state index contributed by atoms with van der Waals surface area (Å²) in [6, 6.07) is 12.8. The Balaban J connectivity index is 1.56. The van der Waals surface area contributed by atoms with Crippen molar-refractivity contribution in [3.63, 3.8) is 0 Å². The third-order valence-corrected chi connectivity index (χ3v) is 6.76. The van der Waals surface area contributed by atoms with Gasteiger partial charge in [-0.2, -0.15) is 0 Å². The number of amides is 2. The summed E-state index contributed by atoms with van der Waals surface area (Å²) in [6.45, 7) is 3.48. The molecule has 0 spiro atoms. The molecule has 1 aliphatic rings. The Morgan fingerprint density at radius 2 is 1.84 bits per heavy atom. The van der Waals surface area contributed by atoms with Crippen LogP contribution in [0.25, 0.3) is 27.9 Å². The second kappa shape index (κ2) is 10.7. The van der Waals surface area contributed by atoms with Crippen LogP contribution in [0.1, 0.15) is 42.5 Å². The molecule has 10 heteroatoms. The van der Waals surface area contributed by atoms with Crippen LogP contribution in [-0.4, -0.2) is 44.8 Å². The molecule has 4 aromatic rings. The van der Waals surface area contributed by atoms with E-state index in [2.05, 4.69) is 32.4 Å². The van der Waals surface area contributed by atoms with Crippen LogP contribution in [0.15, 0.2) is 61.4 Å². The molecule has 4 N–H and O–H groups in total. The maximum absolute atomic E-state index is 13.1. The zero-order valence-electron chi connectivity index (χ0n) is 21.1. The van der Waals surface area contributed by atoms with Gasteiger partial charge in [-0.05, 0) is 48.7 Å². The molecule has 0 saturated heterocycles. The monoisotopic (exact) mass is 511 g/mol. The quantitative estimate of drug-likeness (QED) is 0.316. The van der Waals surface area contributed by atoms with Crippen LogP contribution >= 0.6 is 0 Å². The number of methoxy groups -OCH3 is 1. The molecule has 1 saturated carbocycles. The number of ether oxygens (including phenoxy) is 1. The van der Waals surface area contributed by atoms with Gasteiger partial charge in [0.25, 0.3) is 5.91 Å². The number of nitrogen functional groups attached to an aromatic ring is 1. The molecule has 0 aliphatic heterocycles. The van der Waals surface area contributed by atoms with Gasteiger partial charge in [0.05, 0.1) is 12.7 Å². The zero-order valence-corrected chi connectivity index (χ0v) is 21.1. The highest BCUT2D eigenvalue weighted by molar-refractivity contribution is 6.01. The van der Waals surface area contributed by atoms with Crippen molar-refractivity contribution in [2.24, 2.45) is 0 Å². The Morgan fingerprint density at radius 3 is 2.55 bits per heavy atom. The molecule has 0 radical (unpaired) electrons. The minimum absolute atomic E-state index is 0.152. The summed E-state index contributed by atoms with van der Waals surface area (Å²) in [4.78, 5) is 28.9. The van der Waals surface area contributed by atoms with Gasteiger partial charge in [0.2, 0.25) is 5.91 Å². The molecule has 2 aromatic heterocycles. The normalized spacial score (nSPS) is 13.7. The van der Waals surface area contributed by atoms with Gasteiger partial charge in [-0.25, -0.2) is 4.98 Å². The Hall–Kier alpha value is -4.73. The second-order valence-electron chi connectivity index (χ2n) is 9.20. The second-order valence-corrected chi connectivity index (χ2v) is 9.20. The van der Waals surface area contributed by atoms with Crippen LogP contribution in [0.3, 0.4) is 0 Å². The molecule has 0 bridgehead atoms. The van der Waals surface area contributed by atoms with Crippen LogP contribution < -0.4 is 21.1 Å². The molecule has 0 unspecified atom stereocenters. The molecular formula is C28H29N7O3. The molecule has 2 amide bonds. The van der Waals surface area contributed by atoms with Crippen molar-refractivity contribution in [2.45, 2.75) is 38.1 Å². The fourth-order valence-corrected chi connectivity index (χ4v) is 4.84. The lowest BCUT2D eigenvalue weighted by molar-refractivity contribution is -0.111. The lowest BCUT2D eigenvalue weighted by Gasteiger charge is -2.23. The predicted molar refractivity (Wildman–Crippen MR) is 146 cm³/mol. The summed E-state index contributed by atoms with van der Waals surface area (Å²) in [6.07, 6.45) is 8.01. The number of carbonyl (C=O) groups excluding carboxylic acids is 2. The van der Waals surface area contributed by atoms with Crippen molar-refractivity contribution in [3.05, 3.63) is 67.0 Å². The summed E-state index contributed by atoms with van der Waals surface area (Å²) < 4.78 is 7.09. The topological polar surface area (TPSA) is 137 Å². The van der Waals surface area contributed by atoms with Gasteiger partial charge in [0.15, 0.2) is 5.82 Å². The zero-order chi connectivity index (χ0) is 26.6. The van der Waals surface area contributed by atoms with E-state index in [0.29, 0.717) is 33.8 Å². The first kappa shape index (κ1) is 24.9. The first-order valence-corrected chi connectivity index (χ1v) is 12.5. The highest BCUT2D eigenvalue weighted by Crippen LogP contribution is 2.39. The number of hydrogen-bond donors (Lipinski definition) is 3. The first-order chi connectivity index (χ1) is 18.5. The minimum atomic E-state index is -0.297. The van der Waals surface area contributed by atoms with E-state index < -0.39 is 0 Å². The van der Waals surface area contributed by atoms with Gasteiger partial charge in [-0.15, -0.1) is 14.8 Å². The van der Waals surface area contributed by atoms with E-state index in [4.69, 9.17) is 10.5 Å². The molecule has 194 valence electrons. The number of anilines is 2. The highest BCUT2D eigenvalue weighted by atomic mass is 16.5. The van der Waals surface area contributed by atoms with E-state index in [1.165, 1.54) is 23.5 Å². The largest absolute Gasteiger partial charge is 0.496 e. The molecule has 1 fully saturated rings. The van der Waals surface area contributed by atoms with Gasteiger partial charge in [-0.1, -0.05) is 44.0 Å². The van der Waals surface area contributed by atoms with E-state index in [1.54, 1.807) is 31.4 Å². The molecule has 0 atom stereocenters. The van der Waals surface area contributed by atoms with E-state index in [9.17, 15) is 9.59 Å². The number of carbonyl (C=O) groups is 2. The van der Waals surface area contributed by atoms with Crippen molar-refractivity contribution >= 4 is 28.8 Å². The Bertz CT molecular complexity index is 1510. The van der Waals surface area contributed by atoms with Gasteiger partial charge in [0.1, 0.15) is 23.3 Å². The standard InChI is InChI=1S/C28H29N7O3/c1-3-23(36)32-20-12-9-17(10-13-20)25-24(26-27(29)30-16-31-35(26)34-25)18-11-14-21(22(15-18)38-2)28(37)33-19-7-5-4-6-8-19/h3,9-16,19H,1,4-8H2,2H3,(H,32,36)(H,33,37)(H2,29,30,31). The first-order valence-electron chi connectivity index (χ1n) is 12.5. The van der Waals surface area contributed by atoms with Crippen molar-refractivity contribution in [3.8, 4) is 28.1 Å². The van der Waals surface area contributed by atoms with Gasteiger partial charge in [-0.3, -0.25) is 9.59 Å². The van der Waals surface area contributed by atoms with E-state index in [1.807, 2.05) is 18.2 Å². The summed E-state index contributed by atoms with van der Waals surface area (Å²) in [7, 11) is 1.54. The Kier molecular flexibility index (Phi) is 7.03. The number of aromatic nitrogens is 4. The number of benzene rings is 2. The van der Waals surface area contributed by atoms with Crippen molar-refractivity contribution in [2.75, 3.05) is 18.2 Å². The molecule has 38 heavy (non-hydrogen) atoms. The molecule has 5 rings (SSSR count). The molecule has 10 nitrogen and oxygen atoms in total. The summed E-state index contributed by atoms with van der Waals surface area (Å²) >= 11 is 0. The number of nitrogens with one attached hydrogen (secondary N) is 2. The van der Waals surface area contributed by atoms with Gasteiger partial charge < -0.3 is 21.1 Å². The predicted octanol–water partition coefficient (Wildman–Crippen LogP) is 4.24. The highest BCUT2D eigenvalue weighted by Gasteiger charge is 2.23. The SMILES string of the molecule is C=CC(=O)Nc1ccc(-c2nn3ncnc(N)c3c2-c2ccc(C(=O)NC3CCCCC3)c(OC)c2)cc1. The van der Waals surface area contributed by atoms with Gasteiger partial charge >= 0.3 is 0 Å². The van der Waals surface area contributed by atoms with Gasteiger partial charge in [0, 0.05) is 22.9 Å². The lowest BCUT2D eigenvalue weighted by atomic mass is 9.95. The van der Waals surface area contributed by atoms with E-state index >= 15 is 0 Å². The number of nitrogens with zero attached hydrogens (tertiary/aromatic N) is 4. The Morgan fingerprint density at radius 1 is 1.11 bits per heavy atom. The summed E-state index contributed by atoms with van der Waals surface area (Å²) in [5, 5.41) is 14.8. The lowest BCUT2D eigenvalue weighted by Crippen LogP contribution is -2.36. The summed E-state index contributed by atoms with van der Waals surface area (Å²) in [5.41, 5.74) is 10.7. The maximum atomic E-state index is 13.1. The van der Waals surface area contributed by atoms with Crippen LogP contribution in [0.2, 0.25) is 0 Å². The average Bonchev–Trinajstić information content (AvgIpc) is 3.34. The molecule has 2 heterocycles. The summed E-state index contributed by atoms with van der Waals surface area (Å²) in [5.74, 6) is 0.259. The number of fused-ring (bicyclic) bond motifs is 1. The molecule has 2 aromatic carbocycles. The third kappa shape index (κ3) is 4.93.